The van der Waals surface area contributed by atoms with Crippen LogP contribution in [0.3, 0.4) is 0 Å². The fraction of sp³-hybridized carbons (Fsp3) is 0.382. The molecule has 11 heteroatoms. The van der Waals surface area contributed by atoms with Crippen LogP contribution >= 0.6 is 0 Å². The summed E-state index contributed by atoms with van der Waals surface area (Å²) in [5, 5.41) is 7.33. The quantitative estimate of drug-likeness (QED) is 0.292. The van der Waals surface area contributed by atoms with Crippen LogP contribution in [0, 0.1) is 13.8 Å². The molecule has 1 aliphatic heterocycles. The molecular weight excluding hydrogens is 576 g/mol. The first-order chi connectivity index (χ1) is 21.7. The van der Waals surface area contributed by atoms with E-state index in [2.05, 4.69) is 10.6 Å². The number of carbonyl (C=O) groups excluding carboxylic acids is 3. The zero-order valence-corrected chi connectivity index (χ0v) is 25.3. The number of aldehydes is 1. The van der Waals surface area contributed by atoms with E-state index in [1.807, 2.05) is 50.2 Å². The molecule has 0 bridgehead atoms. The highest BCUT2D eigenvalue weighted by atomic mass is 16.7. The molecule has 45 heavy (non-hydrogen) atoms. The van der Waals surface area contributed by atoms with Crippen molar-refractivity contribution in [3.63, 3.8) is 0 Å². The summed E-state index contributed by atoms with van der Waals surface area (Å²) in [6.45, 7) is 5.27. The topological polar surface area (TPSA) is 138 Å². The molecule has 2 N–H and O–H groups in total. The van der Waals surface area contributed by atoms with Crippen LogP contribution < -0.4 is 21.8 Å². The molecule has 2 aromatic carbocycles. The number of nitrogens with one attached hydrogen (secondary N) is 2. The SMILES string of the molecule is Cc1ccc2c(C(=O)NC3CC3)cc(=O)n(CC3OCCO3)c2c1.Cc1ccc2c(C(=O)NC3CC3)cc(=O)n(CC=O)c2c1. The molecule has 3 heterocycles. The minimum absolute atomic E-state index is 0.0106. The van der Waals surface area contributed by atoms with Crippen molar-refractivity contribution in [2.75, 3.05) is 13.2 Å². The maximum atomic E-state index is 12.6. The molecule has 0 atom stereocenters. The molecule has 0 radical (unpaired) electrons. The normalized spacial score (nSPS) is 16.3. The van der Waals surface area contributed by atoms with E-state index in [1.165, 1.54) is 16.7 Å². The predicted molar refractivity (Wildman–Crippen MR) is 169 cm³/mol. The van der Waals surface area contributed by atoms with Crippen molar-refractivity contribution in [1.82, 2.24) is 19.8 Å². The predicted octanol–water partition coefficient (Wildman–Crippen LogP) is 2.98. The molecule has 4 aromatic rings. The first-order valence-corrected chi connectivity index (χ1v) is 15.3. The van der Waals surface area contributed by atoms with E-state index in [0.717, 1.165) is 47.7 Å². The Morgan fingerprint density at radius 3 is 1.69 bits per heavy atom. The lowest BCUT2D eigenvalue weighted by Crippen LogP contribution is -2.31. The Morgan fingerprint density at radius 2 is 1.22 bits per heavy atom. The van der Waals surface area contributed by atoms with Crippen molar-refractivity contribution in [1.29, 1.82) is 0 Å². The third-order valence-electron chi connectivity index (χ3n) is 8.13. The zero-order chi connectivity index (χ0) is 31.7. The molecule has 11 nitrogen and oxygen atoms in total. The Hall–Kier alpha value is -4.61. The molecule has 7 rings (SSSR count). The van der Waals surface area contributed by atoms with Crippen LogP contribution in [0.4, 0.5) is 0 Å². The van der Waals surface area contributed by atoms with Gasteiger partial charge in [0.1, 0.15) is 6.29 Å². The van der Waals surface area contributed by atoms with Gasteiger partial charge in [-0.1, -0.05) is 24.3 Å². The second-order valence-corrected chi connectivity index (χ2v) is 11.9. The van der Waals surface area contributed by atoms with Crippen LogP contribution in [-0.2, 0) is 27.4 Å². The Bertz CT molecular complexity index is 1910. The average Bonchev–Trinajstić information content (AvgIpc) is 3.95. The van der Waals surface area contributed by atoms with E-state index in [-0.39, 0.29) is 41.6 Å². The number of amides is 2. The van der Waals surface area contributed by atoms with E-state index in [4.69, 9.17) is 9.47 Å². The van der Waals surface area contributed by atoms with Crippen LogP contribution in [0.15, 0.2) is 58.1 Å². The second kappa shape index (κ2) is 12.8. The Morgan fingerprint density at radius 1 is 0.756 bits per heavy atom. The summed E-state index contributed by atoms with van der Waals surface area (Å²) in [4.78, 5) is 60.4. The number of nitrogens with zero attached hydrogens (tertiary/aromatic N) is 2. The minimum atomic E-state index is -0.419. The number of pyridine rings is 2. The summed E-state index contributed by atoms with van der Waals surface area (Å²) >= 11 is 0. The van der Waals surface area contributed by atoms with Crippen molar-refractivity contribution in [3.8, 4) is 0 Å². The van der Waals surface area contributed by atoms with Gasteiger partial charge in [-0.3, -0.25) is 19.2 Å². The van der Waals surface area contributed by atoms with E-state index in [0.29, 0.717) is 48.1 Å². The van der Waals surface area contributed by atoms with Gasteiger partial charge in [0, 0.05) is 35.0 Å². The largest absolute Gasteiger partial charge is 0.349 e. The number of aromatic nitrogens is 2. The Labute approximate surface area is 259 Å². The fourth-order valence-corrected chi connectivity index (χ4v) is 5.45. The third kappa shape index (κ3) is 6.89. The van der Waals surface area contributed by atoms with Gasteiger partial charge in [-0.2, -0.15) is 0 Å². The van der Waals surface area contributed by atoms with Crippen molar-refractivity contribution in [2.45, 2.75) is 71.0 Å². The fourth-order valence-electron chi connectivity index (χ4n) is 5.45. The summed E-state index contributed by atoms with van der Waals surface area (Å²) in [5.74, 6) is -0.398. The highest BCUT2D eigenvalue weighted by molar-refractivity contribution is 6.07. The first-order valence-electron chi connectivity index (χ1n) is 15.3. The van der Waals surface area contributed by atoms with Crippen molar-refractivity contribution in [3.05, 3.63) is 91.5 Å². The Kier molecular flexibility index (Phi) is 8.64. The average molecular weight is 613 g/mol. The van der Waals surface area contributed by atoms with Crippen molar-refractivity contribution < 1.29 is 23.9 Å². The van der Waals surface area contributed by atoms with E-state index in [9.17, 15) is 24.0 Å². The lowest BCUT2D eigenvalue weighted by Gasteiger charge is -2.16. The van der Waals surface area contributed by atoms with Gasteiger partial charge in [-0.15, -0.1) is 0 Å². The number of benzene rings is 2. The van der Waals surface area contributed by atoms with Gasteiger partial charge in [0.2, 0.25) is 0 Å². The number of carbonyl (C=O) groups is 3. The molecule has 0 spiro atoms. The lowest BCUT2D eigenvalue weighted by molar-refractivity contribution is -0.108. The highest BCUT2D eigenvalue weighted by Crippen LogP contribution is 2.24. The van der Waals surface area contributed by atoms with Gasteiger partial charge in [-0.25, -0.2) is 0 Å². The summed E-state index contributed by atoms with van der Waals surface area (Å²) < 4.78 is 14.0. The van der Waals surface area contributed by atoms with E-state index < -0.39 is 6.29 Å². The summed E-state index contributed by atoms with van der Waals surface area (Å²) in [6.07, 6.45) is 4.27. The van der Waals surface area contributed by atoms with Gasteiger partial charge < -0.3 is 34.0 Å². The number of hydrogen-bond donors (Lipinski definition) is 2. The number of aryl methyl sites for hydroxylation is 2. The smallest absolute Gasteiger partial charge is 0.252 e. The first kappa shape index (κ1) is 30.4. The lowest BCUT2D eigenvalue weighted by atomic mass is 10.1. The molecule has 3 aliphatic rings. The monoisotopic (exact) mass is 612 g/mol. The van der Waals surface area contributed by atoms with Crippen LogP contribution in [-0.4, -0.2) is 58.8 Å². The summed E-state index contributed by atoms with van der Waals surface area (Å²) in [5.41, 5.74) is 3.63. The molecular formula is C34H36N4O7. The molecule has 2 saturated carbocycles. The Balaban J connectivity index is 0.000000160. The zero-order valence-electron chi connectivity index (χ0n) is 25.3. The van der Waals surface area contributed by atoms with E-state index >= 15 is 0 Å². The molecule has 2 aromatic heterocycles. The van der Waals surface area contributed by atoms with Crippen LogP contribution in [0.25, 0.3) is 21.8 Å². The van der Waals surface area contributed by atoms with E-state index in [1.54, 1.807) is 4.57 Å². The molecule has 2 amide bonds. The van der Waals surface area contributed by atoms with Gasteiger partial charge in [0.25, 0.3) is 22.9 Å². The third-order valence-corrected chi connectivity index (χ3v) is 8.13. The van der Waals surface area contributed by atoms with Crippen LogP contribution in [0.5, 0.6) is 0 Å². The molecule has 234 valence electrons. The summed E-state index contributed by atoms with van der Waals surface area (Å²) in [6, 6.07) is 14.6. The summed E-state index contributed by atoms with van der Waals surface area (Å²) in [7, 11) is 0. The number of ether oxygens (including phenoxy) is 2. The van der Waals surface area contributed by atoms with Gasteiger partial charge in [0.05, 0.1) is 48.5 Å². The molecule has 3 fully saturated rings. The standard InChI is InChI=1S/C18H20N2O4.C16H16N2O3/c1-11-2-5-13-14(18(22)19-12-3-4-12)9-16(21)20(15(13)8-11)10-17-23-6-7-24-17;1-10-2-5-12-13(16(21)17-11-3-4-11)9-15(20)18(6-7-19)14(12)8-10/h2,5,8-9,12,17H,3-4,6-7,10H2,1H3,(H,19,22);2,5,7-9,11H,3-4,6H2,1H3,(H,17,21). The van der Waals surface area contributed by atoms with Gasteiger partial charge in [-0.05, 0) is 62.8 Å². The van der Waals surface area contributed by atoms with Crippen molar-refractivity contribution >= 4 is 39.9 Å². The molecule has 1 saturated heterocycles. The number of rotatable bonds is 8. The van der Waals surface area contributed by atoms with Crippen molar-refractivity contribution in [2.24, 2.45) is 0 Å². The second-order valence-electron chi connectivity index (χ2n) is 11.9. The van der Waals surface area contributed by atoms with Gasteiger partial charge in [0.15, 0.2) is 6.29 Å². The van der Waals surface area contributed by atoms with Crippen LogP contribution in [0.2, 0.25) is 0 Å². The molecule has 0 unspecified atom stereocenters. The minimum Gasteiger partial charge on any atom is -0.349 e. The maximum absolute atomic E-state index is 12.6. The highest BCUT2D eigenvalue weighted by Gasteiger charge is 2.27. The number of hydrogen-bond acceptors (Lipinski definition) is 7. The molecule has 2 aliphatic carbocycles. The van der Waals surface area contributed by atoms with Crippen LogP contribution in [0.1, 0.15) is 57.5 Å². The maximum Gasteiger partial charge on any atom is 0.252 e. The van der Waals surface area contributed by atoms with Gasteiger partial charge >= 0.3 is 0 Å². The number of fused-ring (bicyclic) bond motifs is 2.